The Hall–Kier alpha value is -1.69. The maximum Gasteiger partial charge on any atom is 0.319 e. The first-order valence-corrected chi connectivity index (χ1v) is 7.41. The van der Waals surface area contributed by atoms with E-state index >= 15 is 0 Å². The van der Waals surface area contributed by atoms with Crippen molar-refractivity contribution in [3.8, 4) is 0 Å². The van der Waals surface area contributed by atoms with E-state index in [1.807, 2.05) is 12.1 Å². The summed E-state index contributed by atoms with van der Waals surface area (Å²) in [6, 6.07) is 4.07. The van der Waals surface area contributed by atoms with Crippen molar-refractivity contribution < 1.29 is 4.92 Å². The lowest BCUT2D eigenvalue weighted by Crippen LogP contribution is -2.22. The predicted octanol–water partition coefficient (Wildman–Crippen LogP) is 3.95. The van der Waals surface area contributed by atoms with Gasteiger partial charge in [0.2, 0.25) is 0 Å². The van der Waals surface area contributed by atoms with Crippen molar-refractivity contribution in [3.63, 3.8) is 0 Å². The van der Waals surface area contributed by atoms with Crippen LogP contribution in [-0.4, -0.2) is 15.9 Å². The summed E-state index contributed by atoms with van der Waals surface area (Å²) < 4.78 is 0.862. The maximum absolute atomic E-state index is 11.3. The molecule has 0 radical (unpaired) electrons. The van der Waals surface area contributed by atoms with E-state index < -0.39 is 0 Å². The Morgan fingerprint density at radius 2 is 2.11 bits per heavy atom. The molecule has 0 aliphatic heterocycles. The molecule has 1 aromatic carbocycles. The Balaban J connectivity index is 1.97. The zero-order chi connectivity index (χ0) is 13.2. The molecule has 1 heterocycles. The van der Waals surface area contributed by atoms with Crippen molar-refractivity contribution >= 4 is 32.9 Å². The molecule has 1 N–H and O–H groups in total. The molecule has 100 valence electrons. The second-order valence-electron chi connectivity index (χ2n) is 4.90. The van der Waals surface area contributed by atoms with Crippen LogP contribution in [0, 0.1) is 10.1 Å². The van der Waals surface area contributed by atoms with Crippen LogP contribution in [0.1, 0.15) is 32.1 Å². The van der Waals surface area contributed by atoms with Gasteiger partial charge in [0.15, 0.2) is 5.52 Å². The Labute approximate surface area is 114 Å². The molecule has 0 spiro atoms. The first kappa shape index (κ1) is 12.3. The van der Waals surface area contributed by atoms with Gasteiger partial charge in [-0.1, -0.05) is 19.3 Å². The molecule has 1 aliphatic carbocycles. The molecular formula is C13H15N3O2S. The molecule has 3 rings (SSSR count). The lowest BCUT2D eigenvalue weighted by atomic mass is 9.95. The van der Waals surface area contributed by atoms with Crippen LogP contribution in [0.3, 0.4) is 0 Å². The highest BCUT2D eigenvalue weighted by molar-refractivity contribution is 7.16. The first-order chi connectivity index (χ1) is 9.25. The highest BCUT2D eigenvalue weighted by Crippen LogP contribution is 2.35. The standard InChI is InChI=1S/C13H15N3O2S/c17-16(18)13-10(15-9-4-2-1-3-5-9)6-7-11-12(13)14-8-19-11/h6-9,15H,1-5H2. The summed E-state index contributed by atoms with van der Waals surface area (Å²) in [5, 5.41) is 14.6. The third kappa shape index (κ3) is 2.40. The van der Waals surface area contributed by atoms with Crippen LogP contribution >= 0.6 is 11.3 Å². The fourth-order valence-electron chi connectivity index (χ4n) is 2.68. The van der Waals surface area contributed by atoms with E-state index in [-0.39, 0.29) is 10.6 Å². The molecule has 2 aromatic rings. The highest BCUT2D eigenvalue weighted by atomic mass is 32.1. The topological polar surface area (TPSA) is 68.1 Å². The fourth-order valence-corrected chi connectivity index (χ4v) is 3.36. The number of nitrogens with zero attached hydrogens (tertiary/aromatic N) is 2. The minimum Gasteiger partial charge on any atom is -0.377 e. The number of nitrogens with one attached hydrogen (secondary N) is 1. The third-order valence-corrected chi connectivity index (χ3v) is 4.42. The summed E-state index contributed by atoms with van der Waals surface area (Å²) in [4.78, 5) is 15.1. The molecule has 1 fully saturated rings. The summed E-state index contributed by atoms with van der Waals surface area (Å²) in [6.45, 7) is 0. The van der Waals surface area contributed by atoms with Crippen molar-refractivity contribution in [2.45, 2.75) is 38.1 Å². The second-order valence-corrected chi connectivity index (χ2v) is 5.78. The molecule has 0 atom stereocenters. The third-order valence-electron chi connectivity index (χ3n) is 3.62. The van der Waals surface area contributed by atoms with Gasteiger partial charge in [0.25, 0.3) is 0 Å². The summed E-state index contributed by atoms with van der Waals surface area (Å²) in [5.41, 5.74) is 2.87. The van der Waals surface area contributed by atoms with E-state index in [9.17, 15) is 10.1 Å². The van der Waals surface area contributed by atoms with Gasteiger partial charge in [-0.15, -0.1) is 11.3 Å². The summed E-state index contributed by atoms with van der Waals surface area (Å²) in [5.74, 6) is 0. The molecule has 0 saturated heterocycles. The van der Waals surface area contributed by atoms with Crippen molar-refractivity contribution in [2.24, 2.45) is 0 Å². The number of hydrogen-bond acceptors (Lipinski definition) is 5. The number of nitro groups is 1. The SMILES string of the molecule is O=[N+]([O-])c1c(NC2CCCCC2)ccc2scnc12. The van der Waals surface area contributed by atoms with Gasteiger partial charge in [0.05, 0.1) is 15.1 Å². The van der Waals surface area contributed by atoms with Crippen LogP contribution in [0.4, 0.5) is 11.4 Å². The number of anilines is 1. The van der Waals surface area contributed by atoms with Gasteiger partial charge in [-0.05, 0) is 25.0 Å². The van der Waals surface area contributed by atoms with Crippen LogP contribution in [-0.2, 0) is 0 Å². The predicted molar refractivity (Wildman–Crippen MR) is 76.8 cm³/mol. The highest BCUT2D eigenvalue weighted by Gasteiger charge is 2.23. The summed E-state index contributed by atoms with van der Waals surface area (Å²) in [6.07, 6.45) is 5.85. The zero-order valence-electron chi connectivity index (χ0n) is 10.5. The average molecular weight is 277 g/mol. The fraction of sp³-hybridized carbons (Fsp3) is 0.462. The Kier molecular flexibility index (Phi) is 3.33. The van der Waals surface area contributed by atoms with Gasteiger partial charge >= 0.3 is 5.69 Å². The largest absolute Gasteiger partial charge is 0.377 e. The number of aromatic nitrogens is 1. The molecule has 0 amide bonds. The molecule has 6 heteroatoms. The second kappa shape index (κ2) is 5.13. The molecular weight excluding hydrogens is 262 g/mol. The van der Waals surface area contributed by atoms with E-state index in [4.69, 9.17) is 0 Å². The quantitative estimate of drug-likeness (QED) is 0.681. The van der Waals surface area contributed by atoms with E-state index in [1.54, 1.807) is 5.51 Å². The lowest BCUT2D eigenvalue weighted by Gasteiger charge is -2.23. The van der Waals surface area contributed by atoms with Crippen LogP contribution in [0.25, 0.3) is 10.2 Å². The van der Waals surface area contributed by atoms with Gasteiger partial charge < -0.3 is 5.32 Å². The number of thiazole rings is 1. The van der Waals surface area contributed by atoms with Crippen LogP contribution in [0.2, 0.25) is 0 Å². The van der Waals surface area contributed by atoms with Crippen LogP contribution in [0.5, 0.6) is 0 Å². The van der Waals surface area contributed by atoms with Crippen molar-refractivity contribution in [3.05, 3.63) is 27.8 Å². The molecule has 0 bridgehead atoms. The smallest absolute Gasteiger partial charge is 0.319 e. The van der Waals surface area contributed by atoms with E-state index in [0.717, 1.165) is 17.5 Å². The minimum absolute atomic E-state index is 0.115. The van der Waals surface area contributed by atoms with E-state index in [0.29, 0.717) is 17.2 Å². The summed E-state index contributed by atoms with van der Waals surface area (Å²) >= 11 is 1.43. The van der Waals surface area contributed by atoms with Crippen molar-refractivity contribution in [1.82, 2.24) is 4.98 Å². The van der Waals surface area contributed by atoms with Crippen molar-refractivity contribution in [2.75, 3.05) is 5.32 Å². The zero-order valence-corrected chi connectivity index (χ0v) is 11.3. The molecule has 0 unspecified atom stereocenters. The Bertz CT molecular complexity index is 605. The van der Waals surface area contributed by atoms with Gasteiger partial charge in [0.1, 0.15) is 5.69 Å². The number of hydrogen-bond donors (Lipinski definition) is 1. The Morgan fingerprint density at radius 1 is 1.32 bits per heavy atom. The molecule has 1 aromatic heterocycles. The van der Waals surface area contributed by atoms with Crippen LogP contribution < -0.4 is 5.32 Å². The lowest BCUT2D eigenvalue weighted by molar-refractivity contribution is -0.382. The number of rotatable bonds is 3. The first-order valence-electron chi connectivity index (χ1n) is 6.53. The maximum atomic E-state index is 11.3. The number of nitro benzene ring substituents is 1. The number of benzene rings is 1. The number of fused-ring (bicyclic) bond motifs is 1. The molecule has 5 nitrogen and oxygen atoms in total. The molecule has 1 saturated carbocycles. The monoisotopic (exact) mass is 277 g/mol. The van der Waals surface area contributed by atoms with Crippen LogP contribution in [0.15, 0.2) is 17.6 Å². The summed E-state index contributed by atoms with van der Waals surface area (Å²) in [7, 11) is 0. The van der Waals surface area contributed by atoms with Gasteiger partial charge in [-0.3, -0.25) is 10.1 Å². The van der Waals surface area contributed by atoms with Gasteiger partial charge in [0, 0.05) is 6.04 Å². The normalized spacial score (nSPS) is 16.6. The van der Waals surface area contributed by atoms with Crippen molar-refractivity contribution in [1.29, 1.82) is 0 Å². The molecule has 1 aliphatic rings. The molecule has 19 heavy (non-hydrogen) atoms. The van der Waals surface area contributed by atoms with E-state index in [1.165, 1.54) is 30.6 Å². The van der Waals surface area contributed by atoms with Gasteiger partial charge in [-0.25, -0.2) is 4.98 Å². The average Bonchev–Trinajstić information content (AvgIpc) is 2.87. The van der Waals surface area contributed by atoms with E-state index in [2.05, 4.69) is 10.3 Å². The minimum atomic E-state index is -0.326. The van der Waals surface area contributed by atoms with Gasteiger partial charge in [-0.2, -0.15) is 0 Å². The Morgan fingerprint density at radius 3 is 2.84 bits per heavy atom.